The van der Waals surface area contributed by atoms with Gasteiger partial charge in [-0.25, -0.2) is 0 Å². The smallest absolute Gasteiger partial charge is 0.253 e. The standard InChI is InChI=1S/C13H16N2O/c1-4-6-10(3)15-13(16)11-8-5-7-9(2)12(11)14/h1,5,7-8,10H,6,14H2,2-3H3,(H,15,16). The second-order valence-electron chi connectivity index (χ2n) is 3.82. The summed E-state index contributed by atoms with van der Waals surface area (Å²) in [4.78, 5) is 11.8. The number of hydrogen-bond donors (Lipinski definition) is 2. The highest BCUT2D eigenvalue weighted by Gasteiger charge is 2.12. The molecule has 0 saturated heterocycles. The molecule has 0 fully saturated rings. The molecule has 3 nitrogen and oxygen atoms in total. The molecule has 3 N–H and O–H groups in total. The maximum absolute atomic E-state index is 11.8. The third-order valence-electron chi connectivity index (χ3n) is 2.37. The van der Waals surface area contributed by atoms with E-state index in [1.807, 2.05) is 26.0 Å². The number of amides is 1. The van der Waals surface area contributed by atoms with E-state index in [0.717, 1.165) is 5.56 Å². The summed E-state index contributed by atoms with van der Waals surface area (Å²) in [5.74, 6) is 2.33. The lowest BCUT2D eigenvalue weighted by Crippen LogP contribution is -2.32. The molecule has 0 aliphatic heterocycles. The molecule has 0 spiro atoms. The zero-order valence-electron chi connectivity index (χ0n) is 9.58. The van der Waals surface area contributed by atoms with Gasteiger partial charge >= 0.3 is 0 Å². The van der Waals surface area contributed by atoms with E-state index in [1.165, 1.54) is 0 Å². The molecule has 0 saturated carbocycles. The largest absolute Gasteiger partial charge is 0.398 e. The van der Waals surface area contributed by atoms with Gasteiger partial charge < -0.3 is 11.1 Å². The average Bonchev–Trinajstić information content (AvgIpc) is 2.22. The molecule has 0 aliphatic carbocycles. The van der Waals surface area contributed by atoms with Gasteiger partial charge in [0, 0.05) is 18.2 Å². The van der Waals surface area contributed by atoms with E-state index in [-0.39, 0.29) is 11.9 Å². The number of carbonyl (C=O) groups excluding carboxylic acids is 1. The Kier molecular flexibility index (Phi) is 3.96. The molecule has 3 heteroatoms. The van der Waals surface area contributed by atoms with Gasteiger partial charge in [0.2, 0.25) is 0 Å². The van der Waals surface area contributed by atoms with Crippen LogP contribution in [0, 0.1) is 19.3 Å². The van der Waals surface area contributed by atoms with Gasteiger partial charge in [-0.1, -0.05) is 12.1 Å². The number of carbonyl (C=O) groups is 1. The first-order chi connectivity index (χ1) is 7.56. The maximum Gasteiger partial charge on any atom is 0.253 e. The van der Waals surface area contributed by atoms with E-state index in [1.54, 1.807) is 6.07 Å². The highest BCUT2D eigenvalue weighted by Crippen LogP contribution is 2.16. The first kappa shape index (κ1) is 12.1. The topological polar surface area (TPSA) is 55.1 Å². The Bertz CT molecular complexity index is 432. The van der Waals surface area contributed by atoms with Crippen molar-refractivity contribution in [1.29, 1.82) is 0 Å². The Morgan fingerprint density at radius 2 is 2.31 bits per heavy atom. The fourth-order valence-electron chi connectivity index (χ4n) is 1.41. The SMILES string of the molecule is C#CCC(C)NC(=O)c1cccc(C)c1N. The number of rotatable bonds is 3. The molecule has 0 bridgehead atoms. The van der Waals surface area contributed by atoms with Gasteiger partial charge in [-0.3, -0.25) is 4.79 Å². The van der Waals surface area contributed by atoms with E-state index in [0.29, 0.717) is 17.7 Å². The number of nitrogens with two attached hydrogens (primary N) is 1. The highest BCUT2D eigenvalue weighted by atomic mass is 16.1. The third kappa shape index (κ3) is 2.77. The van der Waals surface area contributed by atoms with Gasteiger partial charge in [-0.15, -0.1) is 12.3 Å². The Hall–Kier alpha value is -1.95. The Morgan fingerprint density at radius 3 is 2.94 bits per heavy atom. The first-order valence-corrected chi connectivity index (χ1v) is 5.15. The molecule has 84 valence electrons. The molecule has 1 aromatic carbocycles. The van der Waals surface area contributed by atoms with Crippen LogP contribution in [0.1, 0.15) is 29.3 Å². The molecule has 1 atom stereocenters. The highest BCUT2D eigenvalue weighted by molar-refractivity contribution is 5.99. The van der Waals surface area contributed by atoms with Crippen molar-refractivity contribution < 1.29 is 4.79 Å². The zero-order valence-corrected chi connectivity index (χ0v) is 9.58. The van der Waals surface area contributed by atoms with Crippen LogP contribution in [-0.2, 0) is 0 Å². The van der Waals surface area contributed by atoms with Crippen LogP contribution in [-0.4, -0.2) is 11.9 Å². The summed E-state index contributed by atoms with van der Waals surface area (Å²) in [6.45, 7) is 3.74. The predicted octanol–water partition coefficient (Wildman–Crippen LogP) is 1.72. The second-order valence-corrected chi connectivity index (χ2v) is 3.82. The number of hydrogen-bond acceptors (Lipinski definition) is 2. The number of anilines is 1. The second kappa shape index (κ2) is 5.22. The minimum Gasteiger partial charge on any atom is -0.398 e. The molecule has 0 aromatic heterocycles. The number of benzene rings is 1. The quantitative estimate of drug-likeness (QED) is 0.597. The van der Waals surface area contributed by atoms with Crippen LogP contribution in [0.4, 0.5) is 5.69 Å². The molecule has 16 heavy (non-hydrogen) atoms. The van der Waals surface area contributed by atoms with Crippen molar-refractivity contribution in [3.05, 3.63) is 29.3 Å². The lowest BCUT2D eigenvalue weighted by atomic mass is 10.1. The number of nitrogen functional groups attached to an aromatic ring is 1. The fraction of sp³-hybridized carbons (Fsp3) is 0.308. The summed E-state index contributed by atoms with van der Waals surface area (Å²) >= 11 is 0. The van der Waals surface area contributed by atoms with Crippen LogP contribution in [0.2, 0.25) is 0 Å². The Morgan fingerprint density at radius 1 is 1.62 bits per heavy atom. The Labute approximate surface area is 96.0 Å². The van der Waals surface area contributed by atoms with Crippen molar-refractivity contribution in [1.82, 2.24) is 5.32 Å². The molecule has 1 amide bonds. The third-order valence-corrected chi connectivity index (χ3v) is 2.37. The molecule has 0 aliphatic rings. The molecule has 1 aromatic rings. The fourth-order valence-corrected chi connectivity index (χ4v) is 1.41. The van der Waals surface area contributed by atoms with E-state index in [4.69, 9.17) is 12.2 Å². The summed E-state index contributed by atoms with van der Waals surface area (Å²) in [6, 6.07) is 5.35. The summed E-state index contributed by atoms with van der Waals surface area (Å²) in [5, 5.41) is 2.80. The molecular formula is C13H16N2O. The van der Waals surface area contributed by atoms with Crippen molar-refractivity contribution in [3.8, 4) is 12.3 Å². The van der Waals surface area contributed by atoms with Gasteiger partial charge in [0.15, 0.2) is 0 Å². The van der Waals surface area contributed by atoms with E-state index >= 15 is 0 Å². The molecule has 1 rings (SSSR count). The van der Waals surface area contributed by atoms with Crippen LogP contribution < -0.4 is 11.1 Å². The van der Waals surface area contributed by atoms with Gasteiger partial charge in [0.1, 0.15) is 0 Å². The summed E-state index contributed by atoms with van der Waals surface area (Å²) in [5.41, 5.74) is 7.76. The lowest BCUT2D eigenvalue weighted by Gasteiger charge is -2.13. The van der Waals surface area contributed by atoms with Crippen molar-refractivity contribution in [2.24, 2.45) is 0 Å². The maximum atomic E-state index is 11.8. The van der Waals surface area contributed by atoms with Crippen LogP contribution in [0.25, 0.3) is 0 Å². The monoisotopic (exact) mass is 216 g/mol. The molecular weight excluding hydrogens is 200 g/mol. The van der Waals surface area contributed by atoms with E-state index in [9.17, 15) is 4.79 Å². The van der Waals surface area contributed by atoms with Crippen molar-refractivity contribution in [2.75, 3.05) is 5.73 Å². The normalized spacial score (nSPS) is 11.6. The molecule has 0 radical (unpaired) electrons. The van der Waals surface area contributed by atoms with Gasteiger partial charge in [0.25, 0.3) is 5.91 Å². The summed E-state index contributed by atoms with van der Waals surface area (Å²) < 4.78 is 0. The van der Waals surface area contributed by atoms with Crippen molar-refractivity contribution in [2.45, 2.75) is 26.3 Å². The predicted molar refractivity (Wildman–Crippen MR) is 66.0 cm³/mol. The van der Waals surface area contributed by atoms with E-state index < -0.39 is 0 Å². The minimum absolute atomic E-state index is 0.0441. The number of para-hydroxylation sites is 1. The number of aryl methyl sites for hydroxylation is 1. The van der Waals surface area contributed by atoms with Crippen LogP contribution >= 0.6 is 0 Å². The van der Waals surface area contributed by atoms with Crippen LogP contribution in [0.3, 0.4) is 0 Å². The molecule has 0 heterocycles. The average molecular weight is 216 g/mol. The van der Waals surface area contributed by atoms with Gasteiger partial charge in [-0.2, -0.15) is 0 Å². The number of terminal acetylenes is 1. The zero-order chi connectivity index (χ0) is 12.1. The summed E-state index contributed by atoms with van der Waals surface area (Å²) in [6.07, 6.45) is 5.68. The number of nitrogens with one attached hydrogen (secondary N) is 1. The lowest BCUT2D eigenvalue weighted by molar-refractivity contribution is 0.0941. The molecule has 1 unspecified atom stereocenters. The van der Waals surface area contributed by atoms with Crippen molar-refractivity contribution in [3.63, 3.8) is 0 Å². The van der Waals surface area contributed by atoms with Gasteiger partial charge in [-0.05, 0) is 25.5 Å². The first-order valence-electron chi connectivity index (χ1n) is 5.15. The van der Waals surface area contributed by atoms with Crippen LogP contribution in [0.5, 0.6) is 0 Å². The van der Waals surface area contributed by atoms with Gasteiger partial charge in [0.05, 0.1) is 5.56 Å². The summed E-state index contributed by atoms with van der Waals surface area (Å²) in [7, 11) is 0. The van der Waals surface area contributed by atoms with E-state index in [2.05, 4.69) is 11.2 Å². The van der Waals surface area contributed by atoms with Crippen LogP contribution in [0.15, 0.2) is 18.2 Å². The van der Waals surface area contributed by atoms with Crippen molar-refractivity contribution >= 4 is 11.6 Å². The Balaban J connectivity index is 2.82. The minimum atomic E-state index is -0.177.